The lowest BCUT2D eigenvalue weighted by Crippen LogP contribution is -2.05. The van der Waals surface area contributed by atoms with Crippen LogP contribution >= 0.6 is 39.1 Å². The number of hydrogen-bond acceptors (Lipinski definition) is 1. The molecular formula is C14H9BrCl2F2O. The number of aliphatic hydroxyl groups excluding tert-OH is 1. The second-order valence-corrected chi connectivity index (χ2v) is 5.79. The summed E-state index contributed by atoms with van der Waals surface area (Å²) in [4.78, 5) is 0. The van der Waals surface area contributed by atoms with Crippen LogP contribution in [0.4, 0.5) is 8.78 Å². The van der Waals surface area contributed by atoms with Gasteiger partial charge in [0.15, 0.2) is 11.6 Å². The maximum atomic E-state index is 13.5. The second-order valence-electron chi connectivity index (χ2n) is 4.18. The fraction of sp³-hybridized carbons (Fsp3) is 0.143. The molecule has 0 bridgehead atoms. The summed E-state index contributed by atoms with van der Waals surface area (Å²) in [5, 5.41) is 11.0. The molecule has 106 valence electrons. The minimum Gasteiger partial charge on any atom is -0.388 e. The van der Waals surface area contributed by atoms with Gasteiger partial charge in [-0.1, -0.05) is 35.3 Å². The van der Waals surface area contributed by atoms with Crippen LogP contribution in [0.3, 0.4) is 0 Å². The summed E-state index contributed by atoms with van der Waals surface area (Å²) in [5.74, 6) is -2.02. The van der Waals surface area contributed by atoms with Gasteiger partial charge in [-0.3, -0.25) is 0 Å². The third-order valence-electron chi connectivity index (χ3n) is 2.88. The highest BCUT2D eigenvalue weighted by atomic mass is 79.9. The zero-order valence-corrected chi connectivity index (χ0v) is 13.1. The molecule has 6 heteroatoms. The van der Waals surface area contributed by atoms with Crippen molar-refractivity contribution in [2.75, 3.05) is 0 Å². The van der Waals surface area contributed by atoms with Gasteiger partial charge in [-0.15, -0.1) is 0 Å². The molecule has 2 aromatic rings. The summed E-state index contributed by atoms with van der Waals surface area (Å²) >= 11 is 15.0. The van der Waals surface area contributed by atoms with Crippen LogP contribution in [0.15, 0.2) is 34.8 Å². The first-order valence-electron chi connectivity index (χ1n) is 5.66. The van der Waals surface area contributed by atoms with Gasteiger partial charge in [0.25, 0.3) is 0 Å². The first-order chi connectivity index (χ1) is 9.41. The fourth-order valence-electron chi connectivity index (χ4n) is 1.83. The Balaban J connectivity index is 2.34. The van der Waals surface area contributed by atoms with Crippen LogP contribution in [-0.4, -0.2) is 5.11 Å². The summed E-state index contributed by atoms with van der Waals surface area (Å²) in [7, 11) is 0. The zero-order valence-electron chi connectivity index (χ0n) is 10.0. The molecule has 1 nitrogen and oxygen atoms in total. The molecule has 0 amide bonds. The predicted molar refractivity (Wildman–Crippen MR) is 79.2 cm³/mol. The van der Waals surface area contributed by atoms with Crippen LogP contribution in [0, 0.1) is 11.6 Å². The molecule has 20 heavy (non-hydrogen) atoms. The summed E-state index contributed by atoms with van der Waals surface area (Å²) in [5.41, 5.74) is 0.792. The summed E-state index contributed by atoms with van der Waals surface area (Å²) in [6.07, 6.45) is -0.959. The van der Waals surface area contributed by atoms with E-state index in [9.17, 15) is 13.9 Å². The number of halogens is 5. The van der Waals surface area contributed by atoms with Crippen molar-refractivity contribution in [2.45, 2.75) is 12.5 Å². The topological polar surface area (TPSA) is 20.2 Å². The minimum absolute atomic E-state index is 0.0994. The van der Waals surface area contributed by atoms with Gasteiger partial charge in [-0.2, -0.15) is 0 Å². The second kappa shape index (κ2) is 6.39. The van der Waals surface area contributed by atoms with Gasteiger partial charge in [0.2, 0.25) is 0 Å². The van der Waals surface area contributed by atoms with E-state index in [0.29, 0.717) is 15.6 Å². The van der Waals surface area contributed by atoms with Gasteiger partial charge in [0.1, 0.15) is 0 Å². The van der Waals surface area contributed by atoms with E-state index in [0.717, 1.165) is 6.07 Å². The van der Waals surface area contributed by atoms with E-state index >= 15 is 0 Å². The standard InChI is InChI=1S/C14H9BrCl2F2O/c15-13-7(4-5-11(18)14(13)19)12(20)6-8-9(16)2-1-3-10(8)17/h1-5,12,20H,6H2. The van der Waals surface area contributed by atoms with Crippen LogP contribution in [0.2, 0.25) is 10.0 Å². The Bertz CT molecular complexity index is 629. The van der Waals surface area contributed by atoms with E-state index in [1.165, 1.54) is 6.07 Å². The molecule has 0 aliphatic rings. The Hall–Kier alpha value is -0.680. The zero-order chi connectivity index (χ0) is 14.9. The van der Waals surface area contributed by atoms with Gasteiger partial charge in [-0.25, -0.2) is 8.78 Å². The van der Waals surface area contributed by atoms with Crippen molar-refractivity contribution >= 4 is 39.1 Å². The average molecular weight is 382 g/mol. The summed E-state index contributed by atoms with van der Waals surface area (Å²) < 4.78 is 26.4. The highest BCUT2D eigenvalue weighted by Crippen LogP contribution is 2.33. The Labute approximate surface area is 133 Å². The number of hydrogen-bond donors (Lipinski definition) is 1. The monoisotopic (exact) mass is 380 g/mol. The molecule has 2 aromatic carbocycles. The lowest BCUT2D eigenvalue weighted by Gasteiger charge is -2.15. The number of aliphatic hydroxyl groups is 1. The highest BCUT2D eigenvalue weighted by Gasteiger charge is 2.19. The largest absolute Gasteiger partial charge is 0.388 e. The van der Waals surface area contributed by atoms with Crippen molar-refractivity contribution in [1.82, 2.24) is 0 Å². The molecule has 0 spiro atoms. The normalized spacial score (nSPS) is 12.5. The Morgan fingerprint density at radius 2 is 1.70 bits per heavy atom. The van der Waals surface area contributed by atoms with Gasteiger partial charge in [0.05, 0.1) is 10.6 Å². The minimum atomic E-state index is -1.06. The maximum Gasteiger partial charge on any atom is 0.173 e. The van der Waals surface area contributed by atoms with Gasteiger partial charge in [0, 0.05) is 16.5 Å². The molecular weight excluding hydrogens is 373 g/mol. The predicted octanol–water partition coefficient (Wildman–Crippen LogP) is 5.31. The molecule has 0 saturated heterocycles. The number of rotatable bonds is 3. The van der Waals surface area contributed by atoms with E-state index < -0.39 is 17.7 Å². The highest BCUT2D eigenvalue weighted by molar-refractivity contribution is 9.10. The molecule has 1 unspecified atom stereocenters. The number of benzene rings is 2. The molecule has 0 radical (unpaired) electrons. The molecule has 2 rings (SSSR count). The first-order valence-corrected chi connectivity index (χ1v) is 7.21. The molecule has 0 aliphatic carbocycles. The Kier molecular flexibility index (Phi) is 5.02. The summed E-state index contributed by atoms with van der Waals surface area (Å²) in [6, 6.07) is 7.27. The van der Waals surface area contributed by atoms with E-state index in [1.807, 2.05) is 0 Å². The van der Waals surface area contributed by atoms with Crippen molar-refractivity contribution < 1.29 is 13.9 Å². The molecule has 0 aliphatic heterocycles. The van der Waals surface area contributed by atoms with Crippen molar-refractivity contribution in [3.8, 4) is 0 Å². The molecule has 0 aromatic heterocycles. The van der Waals surface area contributed by atoms with Crippen molar-refractivity contribution in [3.05, 3.63) is 67.6 Å². The summed E-state index contributed by atoms with van der Waals surface area (Å²) in [6.45, 7) is 0. The van der Waals surface area contributed by atoms with Gasteiger partial charge >= 0.3 is 0 Å². The van der Waals surface area contributed by atoms with E-state index in [4.69, 9.17) is 23.2 Å². The van der Waals surface area contributed by atoms with Crippen LogP contribution in [-0.2, 0) is 6.42 Å². The van der Waals surface area contributed by atoms with Crippen LogP contribution in [0.25, 0.3) is 0 Å². The van der Waals surface area contributed by atoms with Crippen molar-refractivity contribution in [2.24, 2.45) is 0 Å². The lowest BCUT2D eigenvalue weighted by molar-refractivity contribution is 0.177. The molecule has 1 atom stereocenters. The van der Waals surface area contributed by atoms with Gasteiger partial charge in [-0.05, 0) is 45.3 Å². The SMILES string of the molecule is OC(Cc1c(Cl)cccc1Cl)c1ccc(F)c(F)c1Br. The molecule has 0 saturated carbocycles. The van der Waals surface area contributed by atoms with E-state index in [1.54, 1.807) is 18.2 Å². The van der Waals surface area contributed by atoms with Gasteiger partial charge < -0.3 is 5.11 Å². The molecule has 0 fully saturated rings. The molecule has 1 N–H and O–H groups in total. The van der Waals surface area contributed by atoms with Crippen LogP contribution < -0.4 is 0 Å². The first kappa shape index (κ1) is 15.7. The van der Waals surface area contributed by atoms with Crippen molar-refractivity contribution in [3.63, 3.8) is 0 Å². The maximum absolute atomic E-state index is 13.5. The Morgan fingerprint density at radius 1 is 1.10 bits per heavy atom. The average Bonchev–Trinajstić information content (AvgIpc) is 2.40. The van der Waals surface area contributed by atoms with Crippen molar-refractivity contribution in [1.29, 1.82) is 0 Å². The molecule has 0 heterocycles. The smallest absolute Gasteiger partial charge is 0.173 e. The van der Waals surface area contributed by atoms with E-state index in [2.05, 4.69) is 15.9 Å². The van der Waals surface area contributed by atoms with Crippen LogP contribution in [0.1, 0.15) is 17.2 Å². The third kappa shape index (κ3) is 3.14. The third-order valence-corrected chi connectivity index (χ3v) is 4.40. The Morgan fingerprint density at radius 3 is 2.30 bits per heavy atom. The fourth-order valence-corrected chi connectivity index (χ4v) is 2.97. The lowest BCUT2D eigenvalue weighted by atomic mass is 10.0. The van der Waals surface area contributed by atoms with E-state index in [-0.39, 0.29) is 16.5 Å². The van der Waals surface area contributed by atoms with Crippen LogP contribution in [0.5, 0.6) is 0 Å². The quantitative estimate of drug-likeness (QED) is 0.714.